The Balaban J connectivity index is 1.57. The Labute approximate surface area is 132 Å². The molecular formula is C18H24N4. The van der Waals surface area contributed by atoms with E-state index in [1.165, 1.54) is 11.1 Å². The lowest BCUT2D eigenvalue weighted by molar-refractivity contribution is 0.0941. The number of hydrogen-bond acceptors (Lipinski definition) is 4. The third kappa shape index (κ3) is 3.71. The molecule has 2 heterocycles. The molecule has 1 atom stereocenters. The number of hydrogen-bond donors (Lipinski definition) is 1. The van der Waals surface area contributed by atoms with E-state index in [4.69, 9.17) is 5.73 Å². The number of benzene rings is 1. The van der Waals surface area contributed by atoms with Gasteiger partial charge in [0.2, 0.25) is 0 Å². The van der Waals surface area contributed by atoms with Crippen molar-refractivity contribution in [3.8, 4) is 0 Å². The summed E-state index contributed by atoms with van der Waals surface area (Å²) in [7, 11) is 0. The van der Waals surface area contributed by atoms with E-state index in [0.717, 1.165) is 32.7 Å². The number of piperazine rings is 1. The van der Waals surface area contributed by atoms with Gasteiger partial charge in [-0.1, -0.05) is 30.3 Å². The van der Waals surface area contributed by atoms with Crippen molar-refractivity contribution in [2.75, 3.05) is 32.7 Å². The average molecular weight is 296 g/mol. The first-order valence-electron chi connectivity index (χ1n) is 7.97. The monoisotopic (exact) mass is 296 g/mol. The minimum absolute atomic E-state index is 0.307. The molecule has 1 aromatic heterocycles. The highest BCUT2D eigenvalue weighted by Crippen LogP contribution is 2.21. The van der Waals surface area contributed by atoms with Crippen LogP contribution in [-0.2, 0) is 6.54 Å². The number of rotatable bonds is 5. The van der Waals surface area contributed by atoms with Gasteiger partial charge in [0, 0.05) is 57.7 Å². The molecule has 2 N–H and O–H groups in total. The molecule has 4 heteroatoms. The highest BCUT2D eigenvalue weighted by atomic mass is 15.3. The van der Waals surface area contributed by atoms with Gasteiger partial charge in [0.25, 0.3) is 0 Å². The molecule has 1 aliphatic rings. The van der Waals surface area contributed by atoms with Gasteiger partial charge < -0.3 is 5.73 Å². The van der Waals surface area contributed by atoms with Gasteiger partial charge in [-0.2, -0.15) is 0 Å². The van der Waals surface area contributed by atoms with Gasteiger partial charge in [-0.15, -0.1) is 0 Å². The Hall–Kier alpha value is -1.75. The second-order valence-corrected chi connectivity index (χ2v) is 5.83. The van der Waals surface area contributed by atoms with Crippen LogP contribution in [0.5, 0.6) is 0 Å². The molecule has 2 aromatic rings. The molecule has 1 fully saturated rings. The second kappa shape index (κ2) is 7.49. The zero-order valence-corrected chi connectivity index (χ0v) is 12.9. The van der Waals surface area contributed by atoms with Crippen LogP contribution in [0.4, 0.5) is 0 Å². The summed E-state index contributed by atoms with van der Waals surface area (Å²) in [4.78, 5) is 9.12. The van der Waals surface area contributed by atoms with E-state index in [9.17, 15) is 0 Å². The van der Waals surface area contributed by atoms with Crippen molar-refractivity contribution in [1.82, 2.24) is 14.8 Å². The molecule has 0 saturated carbocycles. The summed E-state index contributed by atoms with van der Waals surface area (Å²) < 4.78 is 0. The van der Waals surface area contributed by atoms with Crippen LogP contribution in [0.1, 0.15) is 17.2 Å². The quantitative estimate of drug-likeness (QED) is 0.915. The molecule has 4 nitrogen and oxygen atoms in total. The van der Waals surface area contributed by atoms with Crippen molar-refractivity contribution in [3.05, 3.63) is 66.0 Å². The molecule has 0 aliphatic carbocycles. The predicted molar refractivity (Wildman–Crippen MR) is 89.3 cm³/mol. The zero-order chi connectivity index (χ0) is 15.2. The SMILES string of the molecule is NCC(c1ccncc1)N1CCN(Cc2ccccc2)CC1. The number of aromatic nitrogens is 1. The van der Waals surface area contributed by atoms with Crippen molar-refractivity contribution in [2.24, 2.45) is 5.73 Å². The second-order valence-electron chi connectivity index (χ2n) is 5.83. The van der Waals surface area contributed by atoms with E-state index in [0.29, 0.717) is 12.6 Å². The van der Waals surface area contributed by atoms with Crippen LogP contribution in [0, 0.1) is 0 Å². The third-order valence-corrected chi connectivity index (χ3v) is 4.41. The molecule has 0 spiro atoms. The fourth-order valence-electron chi connectivity index (χ4n) is 3.16. The smallest absolute Gasteiger partial charge is 0.0472 e. The van der Waals surface area contributed by atoms with Gasteiger partial charge in [-0.25, -0.2) is 0 Å². The van der Waals surface area contributed by atoms with Crippen molar-refractivity contribution in [2.45, 2.75) is 12.6 Å². The minimum atomic E-state index is 0.307. The summed E-state index contributed by atoms with van der Waals surface area (Å²) in [5.74, 6) is 0. The van der Waals surface area contributed by atoms with Gasteiger partial charge in [0.05, 0.1) is 0 Å². The summed E-state index contributed by atoms with van der Waals surface area (Å²) in [6, 6.07) is 15.2. The first-order valence-corrected chi connectivity index (χ1v) is 7.97. The first-order chi connectivity index (χ1) is 10.9. The highest BCUT2D eigenvalue weighted by molar-refractivity contribution is 5.16. The number of pyridine rings is 1. The van der Waals surface area contributed by atoms with Crippen molar-refractivity contribution in [3.63, 3.8) is 0 Å². The van der Waals surface area contributed by atoms with Gasteiger partial charge in [0.1, 0.15) is 0 Å². The Bertz CT molecular complexity index is 550. The van der Waals surface area contributed by atoms with Crippen LogP contribution >= 0.6 is 0 Å². The molecule has 1 aliphatic heterocycles. The summed E-state index contributed by atoms with van der Waals surface area (Å²) in [5, 5.41) is 0. The summed E-state index contributed by atoms with van der Waals surface area (Å²) in [5.41, 5.74) is 8.68. The third-order valence-electron chi connectivity index (χ3n) is 4.41. The summed E-state index contributed by atoms with van der Waals surface area (Å²) in [6.07, 6.45) is 3.70. The minimum Gasteiger partial charge on any atom is -0.329 e. The maximum atomic E-state index is 6.02. The summed E-state index contributed by atoms with van der Waals surface area (Å²) >= 11 is 0. The van der Waals surface area contributed by atoms with Crippen molar-refractivity contribution < 1.29 is 0 Å². The molecule has 1 aromatic carbocycles. The van der Waals surface area contributed by atoms with E-state index in [1.54, 1.807) is 0 Å². The van der Waals surface area contributed by atoms with Gasteiger partial charge in [-0.05, 0) is 23.3 Å². The molecular weight excluding hydrogens is 272 g/mol. The van der Waals surface area contributed by atoms with E-state index in [-0.39, 0.29) is 0 Å². The zero-order valence-electron chi connectivity index (χ0n) is 12.9. The van der Waals surface area contributed by atoms with E-state index >= 15 is 0 Å². The number of nitrogens with zero attached hydrogens (tertiary/aromatic N) is 3. The molecule has 0 bridgehead atoms. The lowest BCUT2D eigenvalue weighted by Crippen LogP contribution is -2.48. The van der Waals surface area contributed by atoms with Gasteiger partial charge >= 0.3 is 0 Å². The van der Waals surface area contributed by atoms with E-state index in [1.807, 2.05) is 12.4 Å². The largest absolute Gasteiger partial charge is 0.329 e. The lowest BCUT2D eigenvalue weighted by atomic mass is 10.1. The Morgan fingerprint density at radius 3 is 2.27 bits per heavy atom. The highest BCUT2D eigenvalue weighted by Gasteiger charge is 2.23. The van der Waals surface area contributed by atoms with Crippen LogP contribution in [-0.4, -0.2) is 47.5 Å². The summed E-state index contributed by atoms with van der Waals surface area (Å²) in [6.45, 7) is 6.01. The molecule has 0 radical (unpaired) electrons. The van der Waals surface area contributed by atoms with Crippen LogP contribution < -0.4 is 5.73 Å². The molecule has 1 unspecified atom stereocenters. The van der Waals surface area contributed by atoms with E-state index in [2.05, 4.69) is 57.2 Å². The van der Waals surface area contributed by atoms with Crippen molar-refractivity contribution in [1.29, 1.82) is 0 Å². The van der Waals surface area contributed by atoms with Crippen LogP contribution in [0.15, 0.2) is 54.9 Å². The number of nitrogens with two attached hydrogens (primary N) is 1. The van der Waals surface area contributed by atoms with Crippen LogP contribution in [0.25, 0.3) is 0 Å². The topological polar surface area (TPSA) is 45.4 Å². The molecule has 0 amide bonds. The fraction of sp³-hybridized carbons (Fsp3) is 0.389. The van der Waals surface area contributed by atoms with Crippen LogP contribution in [0.2, 0.25) is 0 Å². The Morgan fingerprint density at radius 2 is 1.64 bits per heavy atom. The molecule has 3 rings (SSSR count). The Morgan fingerprint density at radius 1 is 0.955 bits per heavy atom. The maximum absolute atomic E-state index is 6.02. The van der Waals surface area contributed by atoms with E-state index < -0.39 is 0 Å². The fourth-order valence-corrected chi connectivity index (χ4v) is 3.16. The molecule has 116 valence electrons. The standard InChI is InChI=1S/C18H24N4/c19-14-18(17-6-8-20-9-7-17)22-12-10-21(11-13-22)15-16-4-2-1-3-5-16/h1-9,18H,10-15,19H2. The first kappa shape index (κ1) is 15.2. The van der Waals surface area contributed by atoms with Gasteiger partial charge in [-0.3, -0.25) is 14.8 Å². The average Bonchev–Trinajstić information content (AvgIpc) is 2.59. The maximum Gasteiger partial charge on any atom is 0.0472 e. The predicted octanol–water partition coefficient (Wildman–Crippen LogP) is 1.90. The van der Waals surface area contributed by atoms with Crippen molar-refractivity contribution >= 4 is 0 Å². The van der Waals surface area contributed by atoms with Crippen LogP contribution in [0.3, 0.4) is 0 Å². The molecule has 22 heavy (non-hydrogen) atoms. The normalized spacial score (nSPS) is 18.2. The molecule has 1 saturated heterocycles. The van der Waals surface area contributed by atoms with Gasteiger partial charge in [0.15, 0.2) is 0 Å². The lowest BCUT2D eigenvalue weighted by Gasteiger charge is -2.39. The Kier molecular flexibility index (Phi) is 5.16.